The molecule has 0 aliphatic carbocycles. The lowest BCUT2D eigenvalue weighted by atomic mass is 10.1. The minimum Gasteiger partial charge on any atom is -0.487 e. The van der Waals surface area contributed by atoms with E-state index in [1.165, 1.54) is 4.88 Å². The molecule has 5 rings (SSSR count). The van der Waals surface area contributed by atoms with Gasteiger partial charge in [-0.25, -0.2) is 15.0 Å². The van der Waals surface area contributed by atoms with Gasteiger partial charge in [0.05, 0.1) is 10.7 Å². The number of imidazole rings is 1. The lowest BCUT2D eigenvalue weighted by molar-refractivity contribution is 0.306. The Hall–Kier alpha value is -2.94. The molecule has 0 unspecified atom stereocenters. The third kappa shape index (κ3) is 4.41. The Balaban J connectivity index is 1.49. The molecule has 6 nitrogen and oxygen atoms in total. The number of halogens is 1. The molecule has 9 heteroatoms. The highest BCUT2D eigenvalue weighted by molar-refractivity contribution is 8.01. The molecule has 0 amide bonds. The van der Waals surface area contributed by atoms with Crippen LogP contribution in [0.5, 0.6) is 5.75 Å². The molecule has 0 N–H and O–H groups in total. The van der Waals surface area contributed by atoms with Gasteiger partial charge in [-0.1, -0.05) is 35.5 Å². The molecule has 4 heterocycles. The highest BCUT2D eigenvalue weighted by atomic mass is 35.5. The molecule has 172 valence electrons. The summed E-state index contributed by atoms with van der Waals surface area (Å²) in [6.45, 7) is 6.37. The number of fused-ring (bicyclic) bond motifs is 1. The summed E-state index contributed by atoms with van der Waals surface area (Å²) in [6.07, 6.45) is 7.19. The van der Waals surface area contributed by atoms with E-state index in [2.05, 4.69) is 27.9 Å². The van der Waals surface area contributed by atoms with Gasteiger partial charge in [0.15, 0.2) is 4.34 Å². The van der Waals surface area contributed by atoms with Gasteiger partial charge in [-0.05, 0) is 32.9 Å². The number of pyridine rings is 2. The largest absolute Gasteiger partial charge is 0.487 e. The van der Waals surface area contributed by atoms with Crippen molar-refractivity contribution < 1.29 is 4.74 Å². The Labute approximate surface area is 211 Å². The van der Waals surface area contributed by atoms with Gasteiger partial charge in [0, 0.05) is 63.8 Å². The van der Waals surface area contributed by atoms with Gasteiger partial charge in [0.1, 0.15) is 23.7 Å². The van der Waals surface area contributed by atoms with Crippen LogP contribution in [0.3, 0.4) is 0 Å². The molecular formula is C25H22ClN5OS2. The summed E-state index contributed by atoms with van der Waals surface area (Å²) in [5, 5.41) is 1.55. The zero-order valence-electron chi connectivity index (χ0n) is 19.2. The number of hydrogen-bond donors (Lipinski definition) is 0. The standard InChI is InChI=1S/C25H22ClN5OS2/c1-14-10-18(24-28-8-9-31(24)4)17-6-5-7-21(23(17)29-14)32-13-19-20(26)11-27-12-22(19)34-25-30-15(2)16(3)33-25/h5-12H,13H2,1-4H3. The molecule has 0 atom stereocenters. The Bertz CT molecular complexity index is 1490. The Kier molecular flexibility index (Phi) is 6.29. The molecule has 1 aromatic carbocycles. The molecule has 34 heavy (non-hydrogen) atoms. The highest BCUT2D eigenvalue weighted by Crippen LogP contribution is 2.38. The van der Waals surface area contributed by atoms with Crippen LogP contribution in [0.4, 0.5) is 0 Å². The predicted molar refractivity (Wildman–Crippen MR) is 138 cm³/mol. The third-order valence-corrected chi connectivity index (χ3v) is 8.07. The highest BCUT2D eigenvalue weighted by Gasteiger charge is 2.16. The molecule has 0 radical (unpaired) electrons. The van der Waals surface area contributed by atoms with Crippen LogP contribution in [0.25, 0.3) is 22.3 Å². The van der Waals surface area contributed by atoms with Crippen LogP contribution < -0.4 is 4.74 Å². The van der Waals surface area contributed by atoms with Crippen LogP contribution in [0, 0.1) is 20.8 Å². The van der Waals surface area contributed by atoms with Gasteiger partial charge in [-0.2, -0.15) is 0 Å². The van der Waals surface area contributed by atoms with E-state index >= 15 is 0 Å². The normalized spacial score (nSPS) is 11.3. The van der Waals surface area contributed by atoms with Crippen molar-refractivity contribution in [3.63, 3.8) is 0 Å². The maximum absolute atomic E-state index is 6.55. The van der Waals surface area contributed by atoms with Crippen molar-refractivity contribution in [3.8, 4) is 17.1 Å². The second kappa shape index (κ2) is 9.37. The maximum Gasteiger partial charge on any atom is 0.155 e. The number of para-hydroxylation sites is 1. The van der Waals surface area contributed by atoms with E-state index in [1.807, 2.05) is 56.1 Å². The van der Waals surface area contributed by atoms with E-state index < -0.39 is 0 Å². The fraction of sp³-hybridized carbons (Fsp3) is 0.200. The SMILES string of the molecule is Cc1cc(-c2nccn2C)c2cccc(OCc3c(Cl)cncc3Sc3nc(C)c(C)s3)c2n1. The zero-order valence-corrected chi connectivity index (χ0v) is 21.6. The minimum atomic E-state index is 0.291. The molecule has 0 aliphatic heterocycles. The van der Waals surface area contributed by atoms with E-state index in [9.17, 15) is 0 Å². The number of benzene rings is 1. The summed E-state index contributed by atoms with van der Waals surface area (Å²) in [6, 6.07) is 8.02. The van der Waals surface area contributed by atoms with Crippen LogP contribution in [-0.2, 0) is 13.7 Å². The average molecular weight is 508 g/mol. The zero-order chi connectivity index (χ0) is 23.8. The van der Waals surface area contributed by atoms with Crippen molar-refractivity contribution in [2.45, 2.75) is 36.6 Å². The van der Waals surface area contributed by atoms with E-state index in [0.717, 1.165) is 48.5 Å². The average Bonchev–Trinajstić information content (AvgIpc) is 3.37. The van der Waals surface area contributed by atoms with Crippen LogP contribution in [0.2, 0.25) is 5.02 Å². The van der Waals surface area contributed by atoms with Crippen molar-refractivity contribution in [3.05, 3.63) is 75.9 Å². The van der Waals surface area contributed by atoms with Gasteiger partial charge in [-0.3, -0.25) is 4.98 Å². The van der Waals surface area contributed by atoms with E-state index in [1.54, 1.807) is 35.5 Å². The summed E-state index contributed by atoms with van der Waals surface area (Å²) in [5.74, 6) is 1.58. The lowest BCUT2D eigenvalue weighted by Gasteiger charge is -2.14. The van der Waals surface area contributed by atoms with Gasteiger partial charge in [0.25, 0.3) is 0 Å². The van der Waals surface area contributed by atoms with E-state index in [0.29, 0.717) is 17.4 Å². The Morgan fingerprint density at radius 1 is 1.15 bits per heavy atom. The predicted octanol–water partition coefficient (Wildman–Crippen LogP) is 6.80. The summed E-state index contributed by atoms with van der Waals surface area (Å²) < 4.78 is 9.28. The van der Waals surface area contributed by atoms with Crippen molar-refractivity contribution in [1.82, 2.24) is 24.5 Å². The second-order valence-corrected chi connectivity index (χ2v) is 10.8. The van der Waals surface area contributed by atoms with E-state index in [-0.39, 0.29) is 0 Å². The first-order valence-electron chi connectivity index (χ1n) is 10.7. The Morgan fingerprint density at radius 3 is 2.74 bits per heavy atom. The molecule has 0 fully saturated rings. The number of hydrogen-bond acceptors (Lipinski definition) is 7. The first-order valence-corrected chi connectivity index (χ1v) is 12.7. The number of thiazole rings is 1. The topological polar surface area (TPSA) is 65.7 Å². The minimum absolute atomic E-state index is 0.291. The molecule has 0 aliphatic rings. The number of aromatic nitrogens is 5. The van der Waals surface area contributed by atoms with Gasteiger partial charge < -0.3 is 9.30 Å². The molecule has 0 bridgehead atoms. The smallest absolute Gasteiger partial charge is 0.155 e. The summed E-state index contributed by atoms with van der Waals surface area (Å²) in [5.41, 5.74) is 4.63. The van der Waals surface area contributed by atoms with Crippen molar-refractivity contribution in [1.29, 1.82) is 0 Å². The van der Waals surface area contributed by atoms with Crippen LogP contribution in [0.15, 0.2) is 58.3 Å². The molecule has 5 aromatic rings. The summed E-state index contributed by atoms with van der Waals surface area (Å²) in [4.78, 5) is 20.4. The van der Waals surface area contributed by atoms with Crippen LogP contribution >= 0.6 is 34.7 Å². The van der Waals surface area contributed by atoms with Crippen molar-refractivity contribution >= 4 is 45.6 Å². The van der Waals surface area contributed by atoms with Crippen LogP contribution in [-0.4, -0.2) is 24.5 Å². The monoisotopic (exact) mass is 507 g/mol. The molecule has 0 saturated heterocycles. The second-order valence-electron chi connectivity index (χ2n) is 7.94. The van der Waals surface area contributed by atoms with Gasteiger partial charge in [-0.15, -0.1) is 11.3 Å². The molecule has 0 spiro atoms. The fourth-order valence-corrected chi connectivity index (χ4v) is 6.17. The fourth-order valence-electron chi connectivity index (χ4n) is 3.68. The number of aryl methyl sites for hydroxylation is 4. The first-order chi connectivity index (χ1) is 16.4. The molecule has 0 saturated carbocycles. The van der Waals surface area contributed by atoms with Gasteiger partial charge >= 0.3 is 0 Å². The maximum atomic E-state index is 6.55. The van der Waals surface area contributed by atoms with Crippen molar-refractivity contribution in [2.24, 2.45) is 7.05 Å². The number of ether oxygens (including phenoxy) is 1. The quantitative estimate of drug-likeness (QED) is 0.252. The van der Waals surface area contributed by atoms with Crippen molar-refractivity contribution in [2.75, 3.05) is 0 Å². The molecule has 4 aromatic heterocycles. The third-order valence-electron chi connectivity index (χ3n) is 5.54. The Morgan fingerprint density at radius 2 is 2.00 bits per heavy atom. The van der Waals surface area contributed by atoms with E-state index in [4.69, 9.17) is 21.3 Å². The molecular weight excluding hydrogens is 486 g/mol. The first kappa shape index (κ1) is 22.8. The summed E-state index contributed by atoms with van der Waals surface area (Å²) >= 11 is 9.78. The van der Waals surface area contributed by atoms with Crippen LogP contribution in [0.1, 0.15) is 21.8 Å². The summed E-state index contributed by atoms with van der Waals surface area (Å²) in [7, 11) is 1.99. The number of nitrogens with zero attached hydrogens (tertiary/aromatic N) is 5. The lowest BCUT2D eigenvalue weighted by Crippen LogP contribution is -2.01. The van der Waals surface area contributed by atoms with Gasteiger partial charge in [0.2, 0.25) is 0 Å². The number of rotatable bonds is 6.